The molecule has 0 unspecified atom stereocenters. The smallest absolute Gasteiger partial charge is 0.0826 e. The van der Waals surface area contributed by atoms with Gasteiger partial charge in [-0.1, -0.05) is 23.8 Å². The molecule has 0 aromatic heterocycles. The molecule has 0 aliphatic heterocycles. The van der Waals surface area contributed by atoms with E-state index in [9.17, 15) is 0 Å². The van der Waals surface area contributed by atoms with E-state index in [4.69, 9.17) is 5.26 Å². The fraction of sp³-hybridized carbons (Fsp3) is 0.417. The van der Waals surface area contributed by atoms with Gasteiger partial charge in [0.2, 0.25) is 0 Å². The van der Waals surface area contributed by atoms with Crippen LogP contribution in [-0.2, 0) is 5.41 Å². The Kier molecular flexibility index (Phi) is 1.66. The maximum absolute atomic E-state index is 9.05. The molecule has 1 heteroatoms. The fourth-order valence-electron chi connectivity index (χ4n) is 1.92. The molecule has 0 heterocycles. The van der Waals surface area contributed by atoms with Crippen LogP contribution in [0.3, 0.4) is 0 Å². The zero-order valence-electron chi connectivity index (χ0n) is 8.09. The molecule has 13 heavy (non-hydrogen) atoms. The summed E-state index contributed by atoms with van der Waals surface area (Å²) in [5.74, 6) is 0. The molecule has 2 rings (SSSR count). The second-order valence-electron chi connectivity index (χ2n) is 4.01. The summed E-state index contributed by atoms with van der Waals surface area (Å²) in [5, 5.41) is 9.05. The van der Waals surface area contributed by atoms with E-state index in [1.807, 2.05) is 0 Å². The van der Waals surface area contributed by atoms with Crippen LogP contribution in [0.15, 0.2) is 18.2 Å². The maximum Gasteiger partial charge on any atom is 0.0826 e. The number of nitriles is 1. The SMILES string of the molecule is Cc1ccc(C2(C#N)CC2)c(C)c1. The lowest BCUT2D eigenvalue weighted by Gasteiger charge is -2.10. The molecule has 0 radical (unpaired) electrons. The largest absolute Gasteiger partial charge is 0.197 e. The number of hydrogen-bond donors (Lipinski definition) is 0. The quantitative estimate of drug-likeness (QED) is 0.637. The van der Waals surface area contributed by atoms with Crippen LogP contribution in [0.2, 0.25) is 0 Å². The predicted molar refractivity (Wildman–Crippen MR) is 52.4 cm³/mol. The normalized spacial score (nSPS) is 17.9. The van der Waals surface area contributed by atoms with Crippen molar-refractivity contribution in [2.45, 2.75) is 32.1 Å². The summed E-state index contributed by atoms with van der Waals surface area (Å²) in [6, 6.07) is 8.80. The molecule has 0 amide bonds. The minimum absolute atomic E-state index is 0.127. The van der Waals surface area contributed by atoms with E-state index in [1.165, 1.54) is 16.7 Å². The van der Waals surface area contributed by atoms with E-state index in [-0.39, 0.29) is 5.41 Å². The molecular formula is C12H13N. The zero-order valence-corrected chi connectivity index (χ0v) is 8.09. The Labute approximate surface area is 79.0 Å². The van der Waals surface area contributed by atoms with Gasteiger partial charge in [0, 0.05) is 0 Å². The third kappa shape index (κ3) is 1.23. The average Bonchev–Trinajstić information content (AvgIpc) is 2.85. The van der Waals surface area contributed by atoms with Crippen molar-refractivity contribution in [3.63, 3.8) is 0 Å². The van der Waals surface area contributed by atoms with Crippen LogP contribution in [0.1, 0.15) is 29.5 Å². The molecule has 0 atom stereocenters. The Balaban J connectivity index is 2.48. The van der Waals surface area contributed by atoms with Gasteiger partial charge < -0.3 is 0 Å². The molecule has 0 bridgehead atoms. The van der Waals surface area contributed by atoms with Crippen LogP contribution in [0.5, 0.6) is 0 Å². The minimum atomic E-state index is -0.127. The molecular weight excluding hydrogens is 158 g/mol. The molecule has 1 aliphatic carbocycles. The minimum Gasteiger partial charge on any atom is -0.197 e. The van der Waals surface area contributed by atoms with E-state index in [0.29, 0.717) is 0 Å². The third-order valence-corrected chi connectivity index (χ3v) is 2.86. The first-order chi connectivity index (χ1) is 6.18. The van der Waals surface area contributed by atoms with Crippen molar-refractivity contribution >= 4 is 0 Å². The Morgan fingerprint density at radius 1 is 1.31 bits per heavy atom. The summed E-state index contributed by atoms with van der Waals surface area (Å²) in [4.78, 5) is 0. The van der Waals surface area contributed by atoms with Gasteiger partial charge in [0.05, 0.1) is 11.5 Å². The number of nitrogens with zero attached hydrogens (tertiary/aromatic N) is 1. The highest BCUT2D eigenvalue weighted by Gasteiger charge is 2.45. The molecule has 1 aliphatic rings. The molecule has 1 nitrogen and oxygen atoms in total. The van der Waals surface area contributed by atoms with E-state index >= 15 is 0 Å². The Morgan fingerprint density at radius 2 is 2.00 bits per heavy atom. The first kappa shape index (κ1) is 8.31. The van der Waals surface area contributed by atoms with Crippen molar-refractivity contribution in [2.75, 3.05) is 0 Å². The topological polar surface area (TPSA) is 23.8 Å². The summed E-state index contributed by atoms with van der Waals surface area (Å²) < 4.78 is 0. The molecule has 1 aromatic rings. The van der Waals surface area contributed by atoms with Gasteiger partial charge >= 0.3 is 0 Å². The number of benzene rings is 1. The van der Waals surface area contributed by atoms with Crippen LogP contribution in [0, 0.1) is 25.2 Å². The Bertz CT molecular complexity index is 381. The lowest BCUT2D eigenvalue weighted by Crippen LogP contribution is -2.04. The number of aryl methyl sites for hydroxylation is 2. The standard InChI is InChI=1S/C12H13N/c1-9-3-4-11(10(2)7-9)12(8-13)5-6-12/h3-4,7H,5-6H2,1-2H3. The zero-order chi connectivity index (χ0) is 9.47. The molecule has 1 fully saturated rings. The molecule has 0 saturated heterocycles. The molecule has 0 N–H and O–H groups in total. The molecule has 66 valence electrons. The van der Waals surface area contributed by atoms with E-state index in [2.05, 4.69) is 38.1 Å². The number of hydrogen-bond acceptors (Lipinski definition) is 1. The molecule has 0 spiro atoms. The van der Waals surface area contributed by atoms with Crippen molar-refractivity contribution < 1.29 is 0 Å². The summed E-state index contributed by atoms with van der Waals surface area (Å²) >= 11 is 0. The second-order valence-corrected chi connectivity index (χ2v) is 4.01. The van der Waals surface area contributed by atoms with Gasteiger partial charge in [-0.3, -0.25) is 0 Å². The highest BCUT2D eigenvalue weighted by atomic mass is 14.5. The van der Waals surface area contributed by atoms with Gasteiger partial charge in [0.25, 0.3) is 0 Å². The summed E-state index contributed by atoms with van der Waals surface area (Å²) in [6.07, 6.45) is 2.07. The maximum atomic E-state index is 9.05. The van der Waals surface area contributed by atoms with Crippen LogP contribution >= 0.6 is 0 Å². The van der Waals surface area contributed by atoms with Crippen molar-refractivity contribution in [3.8, 4) is 6.07 Å². The highest BCUT2D eigenvalue weighted by molar-refractivity contribution is 5.44. The van der Waals surface area contributed by atoms with Crippen molar-refractivity contribution in [1.29, 1.82) is 5.26 Å². The van der Waals surface area contributed by atoms with Crippen LogP contribution in [0.25, 0.3) is 0 Å². The van der Waals surface area contributed by atoms with Crippen molar-refractivity contribution in [2.24, 2.45) is 0 Å². The molecule has 1 aromatic carbocycles. The monoisotopic (exact) mass is 171 g/mol. The first-order valence-electron chi connectivity index (χ1n) is 4.67. The predicted octanol–water partition coefficient (Wildman–Crippen LogP) is 2.86. The Morgan fingerprint density at radius 3 is 2.46 bits per heavy atom. The summed E-state index contributed by atoms with van der Waals surface area (Å²) in [7, 11) is 0. The number of rotatable bonds is 1. The van der Waals surface area contributed by atoms with Gasteiger partial charge in [0.1, 0.15) is 0 Å². The highest BCUT2D eigenvalue weighted by Crippen LogP contribution is 2.48. The summed E-state index contributed by atoms with van der Waals surface area (Å²) in [6.45, 7) is 4.18. The average molecular weight is 171 g/mol. The van der Waals surface area contributed by atoms with Crippen LogP contribution in [-0.4, -0.2) is 0 Å². The molecule has 1 saturated carbocycles. The fourth-order valence-corrected chi connectivity index (χ4v) is 1.92. The van der Waals surface area contributed by atoms with Crippen molar-refractivity contribution in [3.05, 3.63) is 34.9 Å². The van der Waals surface area contributed by atoms with Gasteiger partial charge in [-0.15, -0.1) is 0 Å². The van der Waals surface area contributed by atoms with Gasteiger partial charge in [-0.25, -0.2) is 0 Å². The van der Waals surface area contributed by atoms with Crippen LogP contribution < -0.4 is 0 Å². The van der Waals surface area contributed by atoms with Gasteiger partial charge in [-0.05, 0) is 37.8 Å². The van der Waals surface area contributed by atoms with Crippen molar-refractivity contribution in [1.82, 2.24) is 0 Å². The van der Waals surface area contributed by atoms with Crippen LogP contribution in [0.4, 0.5) is 0 Å². The van der Waals surface area contributed by atoms with Gasteiger partial charge in [-0.2, -0.15) is 5.26 Å². The second kappa shape index (κ2) is 2.60. The van der Waals surface area contributed by atoms with E-state index in [0.717, 1.165) is 12.8 Å². The van der Waals surface area contributed by atoms with E-state index in [1.54, 1.807) is 0 Å². The van der Waals surface area contributed by atoms with E-state index < -0.39 is 0 Å². The Hall–Kier alpha value is -1.29. The first-order valence-corrected chi connectivity index (χ1v) is 4.67. The summed E-state index contributed by atoms with van der Waals surface area (Å²) in [5.41, 5.74) is 3.65. The lowest BCUT2D eigenvalue weighted by molar-refractivity contribution is 0.894. The van der Waals surface area contributed by atoms with Gasteiger partial charge in [0.15, 0.2) is 0 Å². The third-order valence-electron chi connectivity index (χ3n) is 2.86. The lowest BCUT2D eigenvalue weighted by atomic mass is 9.92.